The van der Waals surface area contributed by atoms with Crippen molar-refractivity contribution in [2.45, 2.75) is 99.9 Å². The van der Waals surface area contributed by atoms with Crippen molar-refractivity contribution in [2.24, 2.45) is 17.6 Å². The monoisotopic (exact) mass is 918 g/mol. The van der Waals surface area contributed by atoms with Gasteiger partial charge in [0.2, 0.25) is 53.2 Å². The van der Waals surface area contributed by atoms with Gasteiger partial charge in [-0.3, -0.25) is 47.4 Å². The number of phenols is 1. The van der Waals surface area contributed by atoms with E-state index in [0.717, 1.165) is 4.90 Å². The number of fused-ring (bicyclic) bond motifs is 5. The number of aromatic amines is 1. The number of aliphatic hydroxyl groups excluding tert-OH is 3. The molecule has 3 aliphatic rings. The topological polar surface area (TPSA) is 381 Å². The number of hydrogen-bond donors (Lipinski definition) is 13. The molecule has 1 fully saturated rings. The number of nitrogens with zero attached hydrogens (tertiary/aromatic N) is 1. The zero-order chi connectivity index (χ0) is 47.2. The Labute approximate surface area is 368 Å². The van der Waals surface area contributed by atoms with E-state index in [-0.39, 0.29) is 27.2 Å². The molecule has 1 aromatic heterocycles. The molecule has 14 N–H and O–H groups in total. The lowest BCUT2D eigenvalue weighted by Crippen LogP contribution is -2.62. The first kappa shape index (κ1) is 48.8. The molecule has 1 aromatic carbocycles. The summed E-state index contributed by atoms with van der Waals surface area (Å²) in [5, 5.41) is 58.8. The fraction of sp³-hybridized carbons (Fsp3) is 0.564. The van der Waals surface area contributed by atoms with E-state index in [1.54, 1.807) is 13.8 Å². The van der Waals surface area contributed by atoms with E-state index in [2.05, 4.69) is 42.2 Å². The molecule has 2 aromatic rings. The fourth-order valence-electron chi connectivity index (χ4n) is 7.70. The Morgan fingerprint density at radius 1 is 0.875 bits per heavy atom. The number of amides is 9. The van der Waals surface area contributed by atoms with E-state index >= 15 is 0 Å². The number of hydrogen-bond acceptors (Lipinski definition) is 14. The quantitative estimate of drug-likeness (QED) is 0.123. The van der Waals surface area contributed by atoms with E-state index < -0.39 is 176 Å². The van der Waals surface area contributed by atoms with Gasteiger partial charge < -0.3 is 73.3 Å². The van der Waals surface area contributed by atoms with Gasteiger partial charge in [0.15, 0.2) is 0 Å². The van der Waals surface area contributed by atoms with Gasteiger partial charge in [-0.1, -0.05) is 27.2 Å². The molecular formula is C39H54N10O14S. The van der Waals surface area contributed by atoms with Crippen LogP contribution >= 0.6 is 0 Å². The highest BCUT2D eigenvalue weighted by Crippen LogP contribution is 2.30. The zero-order valence-corrected chi connectivity index (χ0v) is 36.0. The number of aliphatic hydroxyl groups is 3. The van der Waals surface area contributed by atoms with Gasteiger partial charge in [0.1, 0.15) is 47.0 Å². The summed E-state index contributed by atoms with van der Waals surface area (Å²) < 4.78 is 14.6. The maximum Gasteiger partial charge on any atom is 0.246 e. The van der Waals surface area contributed by atoms with Crippen molar-refractivity contribution in [3.05, 3.63) is 23.8 Å². The van der Waals surface area contributed by atoms with E-state index in [4.69, 9.17) is 5.73 Å². The summed E-state index contributed by atoms with van der Waals surface area (Å²) in [5.41, 5.74) is 5.73. The van der Waals surface area contributed by atoms with Gasteiger partial charge in [-0.15, -0.1) is 0 Å². The van der Waals surface area contributed by atoms with Crippen LogP contribution < -0.4 is 43.0 Å². The maximum absolute atomic E-state index is 14.6. The highest BCUT2D eigenvalue weighted by molar-refractivity contribution is 7.85. The Morgan fingerprint density at radius 3 is 2.20 bits per heavy atom. The van der Waals surface area contributed by atoms with Crippen LogP contribution in [0.5, 0.6) is 5.75 Å². The minimum atomic E-state index is -2.38. The number of aromatic nitrogens is 1. The molecule has 0 radical (unpaired) electrons. The molecule has 0 saturated carbocycles. The normalized spacial score (nSPS) is 28.5. The number of benzene rings is 1. The summed E-state index contributed by atoms with van der Waals surface area (Å²) >= 11 is 0. The molecule has 2 bridgehead atoms. The zero-order valence-electron chi connectivity index (χ0n) is 35.2. The first-order valence-corrected chi connectivity index (χ1v) is 21.9. The molecule has 25 heteroatoms. The third kappa shape index (κ3) is 11.5. The Kier molecular flexibility index (Phi) is 16.0. The predicted molar refractivity (Wildman–Crippen MR) is 222 cm³/mol. The van der Waals surface area contributed by atoms with Crippen molar-refractivity contribution in [1.29, 1.82) is 0 Å². The standard InChI is InChI=1S/C39H54N10O14S/c1-4-16(2)31-36(60)42-11-29(55)43-25-15-64(63)38-21(20-6-5-18(51)7-22(20)46-38)9-23(33(57)41-12-30(56)47-31)44-37(61)32(17(3)27(53)14-50)48-35(59)26-8-19(52)13-49(26)39(62)24(10-28(40)54)45-34(25)58/h5-7,16-17,19,23-27,31-32,46,50-53H,4,8-15H2,1-3H3,(H2,40,54)(H,41,57)(H,42,60)(H,43,55)(H,44,61)(H,45,58)(H,47,56)(H,48,59)/t16-,17-,19+,23+,24+,25+,26+,27-,31-,32+,64+/m0/s1. The lowest BCUT2D eigenvalue weighted by molar-refractivity contribution is -0.144. The molecule has 0 spiro atoms. The molecule has 0 unspecified atom stereocenters. The molecule has 1 saturated heterocycles. The van der Waals surface area contributed by atoms with E-state index in [9.17, 15) is 67.8 Å². The molecule has 3 aliphatic heterocycles. The van der Waals surface area contributed by atoms with Gasteiger partial charge in [0.25, 0.3) is 0 Å². The molecule has 64 heavy (non-hydrogen) atoms. The van der Waals surface area contributed by atoms with Crippen LogP contribution in [0.25, 0.3) is 10.9 Å². The fourth-order valence-corrected chi connectivity index (χ4v) is 9.10. The minimum Gasteiger partial charge on any atom is -0.508 e. The number of nitrogens with two attached hydrogens (primary N) is 1. The Morgan fingerprint density at radius 2 is 1.55 bits per heavy atom. The van der Waals surface area contributed by atoms with Gasteiger partial charge in [-0.2, -0.15) is 0 Å². The van der Waals surface area contributed by atoms with Crippen molar-refractivity contribution >= 4 is 74.9 Å². The maximum atomic E-state index is 14.6. The lowest BCUT2D eigenvalue weighted by Gasteiger charge is -2.32. The number of carbonyl (C=O) groups excluding carboxylic acids is 9. The number of aromatic hydroxyl groups is 1. The van der Waals surface area contributed by atoms with Crippen molar-refractivity contribution in [1.82, 2.24) is 47.1 Å². The van der Waals surface area contributed by atoms with Crippen LogP contribution in [0.2, 0.25) is 0 Å². The van der Waals surface area contributed by atoms with Gasteiger partial charge in [-0.25, -0.2) is 0 Å². The highest BCUT2D eigenvalue weighted by atomic mass is 32.2. The summed E-state index contributed by atoms with van der Waals surface area (Å²) in [4.78, 5) is 127. The van der Waals surface area contributed by atoms with Gasteiger partial charge in [0.05, 0.1) is 60.4 Å². The van der Waals surface area contributed by atoms with Crippen LogP contribution in [0.3, 0.4) is 0 Å². The second-order valence-electron chi connectivity index (χ2n) is 16.1. The van der Waals surface area contributed by atoms with Crippen LogP contribution in [-0.4, -0.2) is 168 Å². The number of rotatable bonds is 7. The number of phenolic OH excluding ortho intramolecular Hbond substituents is 1. The van der Waals surface area contributed by atoms with Crippen molar-refractivity contribution in [3.63, 3.8) is 0 Å². The van der Waals surface area contributed by atoms with Crippen LogP contribution in [0.1, 0.15) is 45.6 Å². The smallest absolute Gasteiger partial charge is 0.246 e. The summed E-state index contributed by atoms with van der Waals surface area (Å²) in [6.07, 6.45) is -4.42. The molecular weight excluding hydrogens is 865 g/mol. The van der Waals surface area contributed by atoms with Crippen LogP contribution in [0.4, 0.5) is 0 Å². The Hall–Kier alpha value is -6.18. The summed E-state index contributed by atoms with van der Waals surface area (Å²) in [6, 6.07) is -5.99. The molecule has 24 nitrogen and oxygen atoms in total. The predicted octanol–water partition coefficient (Wildman–Crippen LogP) is -5.92. The number of H-pyrrole nitrogens is 1. The van der Waals surface area contributed by atoms with Gasteiger partial charge >= 0.3 is 0 Å². The van der Waals surface area contributed by atoms with Crippen molar-refractivity contribution in [3.8, 4) is 5.75 Å². The number of nitrogens with one attached hydrogen (secondary N) is 8. The van der Waals surface area contributed by atoms with Crippen LogP contribution in [0, 0.1) is 11.8 Å². The summed E-state index contributed by atoms with van der Waals surface area (Å²) in [6.45, 7) is 1.76. The second kappa shape index (κ2) is 21.0. The second-order valence-corrected chi connectivity index (χ2v) is 17.6. The molecule has 0 aliphatic carbocycles. The van der Waals surface area contributed by atoms with Crippen LogP contribution in [-0.2, 0) is 60.4 Å². The van der Waals surface area contributed by atoms with Crippen molar-refractivity contribution < 1.29 is 67.8 Å². The van der Waals surface area contributed by atoms with Crippen molar-refractivity contribution in [2.75, 3.05) is 32.0 Å². The van der Waals surface area contributed by atoms with E-state index in [1.807, 2.05) is 0 Å². The average molecular weight is 919 g/mol. The SMILES string of the molecule is CC[C@H](C)[C@@H]1NC(=O)CNC(=O)[C@H]2Cc3c([nH]c4cc(O)ccc34)[S@](=O)C[C@@H](NC(=O)CNC1=O)C(=O)N[C@H](CC(N)=O)C(=O)N1C[C@H](O)C[C@@H]1C(=O)N[C@H]([C@@H](C)[C@@H](O)CO)C(=O)N2. The van der Waals surface area contributed by atoms with E-state index in [0.29, 0.717) is 6.42 Å². The van der Waals surface area contributed by atoms with Gasteiger partial charge in [-0.05, 0) is 23.6 Å². The highest BCUT2D eigenvalue weighted by Gasteiger charge is 2.45. The minimum absolute atomic E-state index is 0.0800. The summed E-state index contributed by atoms with van der Waals surface area (Å²) in [7, 11) is -2.38. The first-order valence-electron chi connectivity index (χ1n) is 20.6. The Balaban J connectivity index is 1.73. The molecule has 350 valence electrons. The Bertz CT molecular complexity index is 2200. The molecule has 11 atom stereocenters. The third-order valence-electron chi connectivity index (χ3n) is 11.5. The number of carbonyl (C=O) groups is 9. The lowest BCUT2D eigenvalue weighted by atomic mass is 9.93. The number of primary amides is 1. The van der Waals surface area contributed by atoms with E-state index in [1.165, 1.54) is 25.1 Å². The first-order chi connectivity index (χ1) is 30.2. The summed E-state index contributed by atoms with van der Waals surface area (Å²) in [5.74, 6) is -12.1. The molecule has 4 heterocycles. The third-order valence-corrected chi connectivity index (χ3v) is 13.0. The van der Waals surface area contributed by atoms with Gasteiger partial charge in [0, 0.05) is 36.8 Å². The molecule has 5 rings (SSSR count). The molecule has 9 amide bonds. The van der Waals surface area contributed by atoms with Crippen LogP contribution in [0.15, 0.2) is 23.2 Å². The average Bonchev–Trinajstić information content (AvgIpc) is 3.82. The largest absolute Gasteiger partial charge is 0.508 e.